The number of rotatable bonds is 3. The fourth-order valence-electron chi connectivity index (χ4n) is 7.47. The van der Waals surface area contributed by atoms with Crippen molar-refractivity contribution in [1.82, 2.24) is 5.32 Å². The predicted octanol–water partition coefficient (Wildman–Crippen LogP) is 9.92. The van der Waals surface area contributed by atoms with E-state index in [0.29, 0.717) is 0 Å². The lowest BCUT2D eigenvalue weighted by Crippen LogP contribution is -2.32. The van der Waals surface area contributed by atoms with E-state index in [-0.39, 0.29) is 6.04 Å². The SMILES string of the molecule is C1=C(c2ccccc2)C=C(c2ccc3c(c2)C2(c4ccccc4O3)c3ccccc3-c3ccccc32)NC1c1ccccc1. The molecule has 0 saturated heterocycles. The molecule has 2 heteroatoms. The van der Waals surface area contributed by atoms with Crippen LogP contribution in [-0.2, 0) is 5.41 Å². The lowest BCUT2D eigenvalue weighted by atomic mass is 9.66. The molecule has 1 unspecified atom stereocenters. The largest absolute Gasteiger partial charge is 0.457 e. The highest BCUT2D eigenvalue weighted by atomic mass is 16.5. The molecule has 0 radical (unpaired) electrons. The molecule has 44 heavy (non-hydrogen) atoms. The van der Waals surface area contributed by atoms with E-state index in [2.05, 4.69) is 169 Å². The summed E-state index contributed by atoms with van der Waals surface area (Å²) < 4.78 is 6.67. The van der Waals surface area contributed by atoms with Crippen molar-refractivity contribution in [2.45, 2.75) is 11.5 Å². The van der Waals surface area contributed by atoms with Crippen LogP contribution in [0.3, 0.4) is 0 Å². The quantitative estimate of drug-likeness (QED) is 0.231. The Bertz CT molecular complexity index is 2080. The summed E-state index contributed by atoms with van der Waals surface area (Å²) >= 11 is 0. The monoisotopic (exact) mass is 563 g/mol. The molecule has 0 amide bonds. The van der Waals surface area contributed by atoms with Gasteiger partial charge in [-0.05, 0) is 80.9 Å². The van der Waals surface area contributed by atoms with Gasteiger partial charge in [-0.15, -0.1) is 0 Å². The lowest BCUT2D eigenvalue weighted by Gasteiger charge is -2.39. The molecule has 208 valence electrons. The Hall–Kier alpha value is -5.60. The van der Waals surface area contributed by atoms with E-state index in [1.165, 1.54) is 50.1 Å². The summed E-state index contributed by atoms with van der Waals surface area (Å²) in [5, 5.41) is 3.87. The Morgan fingerprint density at radius 1 is 0.500 bits per heavy atom. The first-order valence-corrected chi connectivity index (χ1v) is 15.2. The molecule has 0 aromatic heterocycles. The van der Waals surface area contributed by atoms with Crippen molar-refractivity contribution in [3.8, 4) is 22.6 Å². The summed E-state index contributed by atoms with van der Waals surface area (Å²) in [6.45, 7) is 0. The Morgan fingerprint density at radius 2 is 1.09 bits per heavy atom. The second-order valence-corrected chi connectivity index (χ2v) is 11.7. The maximum atomic E-state index is 6.67. The lowest BCUT2D eigenvalue weighted by molar-refractivity contribution is 0.436. The normalized spacial score (nSPS) is 16.8. The summed E-state index contributed by atoms with van der Waals surface area (Å²) in [4.78, 5) is 0. The number of fused-ring (bicyclic) bond motifs is 9. The molecule has 6 aromatic rings. The van der Waals surface area contributed by atoms with Crippen molar-refractivity contribution in [3.63, 3.8) is 0 Å². The Kier molecular flexibility index (Phi) is 5.51. The number of allylic oxidation sites excluding steroid dienone is 2. The number of benzene rings is 6. The molecule has 1 spiro atoms. The predicted molar refractivity (Wildman–Crippen MR) is 179 cm³/mol. The summed E-state index contributed by atoms with van der Waals surface area (Å²) in [6, 6.07) is 54.4. The van der Waals surface area contributed by atoms with E-state index in [0.717, 1.165) is 22.8 Å². The van der Waals surface area contributed by atoms with Crippen molar-refractivity contribution in [1.29, 1.82) is 0 Å². The second kappa shape index (κ2) is 9.72. The summed E-state index contributed by atoms with van der Waals surface area (Å²) in [7, 11) is 0. The summed E-state index contributed by atoms with van der Waals surface area (Å²) in [5.41, 5.74) is 12.9. The first-order chi connectivity index (χ1) is 21.8. The fraction of sp³-hybridized carbons (Fsp3) is 0.0476. The van der Waals surface area contributed by atoms with Crippen LogP contribution in [0.4, 0.5) is 0 Å². The van der Waals surface area contributed by atoms with Gasteiger partial charge >= 0.3 is 0 Å². The molecule has 0 saturated carbocycles. The van der Waals surface area contributed by atoms with Crippen molar-refractivity contribution in [2.24, 2.45) is 0 Å². The van der Waals surface area contributed by atoms with Gasteiger partial charge in [-0.25, -0.2) is 0 Å². The van der Waals surface area contributed by atoms with Crippen LogP contribution in [0.2, 0.25) is 0 Å². The zero-order valence-corrected chi connectivity index (χ0v) is 24.1. The van der Waals surface area contributed by atoms with Gasteiger partial charge in [0, 0.05) is 16.8 Å². The van der Waals surface area contributed by atoms with Gasteiger partial charge in [-0.2, -0.15) is 0 Å². The molecule has 1 N–H and O–H groups in total. The second-order valence-electron chi connectivity index (χ2n) is 11.7. The number of ether oxygens (including phenoxy) is 1. The maximum Gasteiger partial charge on any atom is 0.132 e. The third kappa shape index (κ3) is 3.61. The molecule has 0 bridgehead atoms. The average Bonchev–Trinajstić information content (AvgIpc) is 3.40. The third-order valence-corrected chi connectivity index (χ3v) is 9.38. The molecule has 6 aromatic carbocycles. The van der Waals surface area contributed by atoms with Gasteiger partial charge in [0.1, 0.15) is 11.5 Å². The zero-order valence-electron chi connectivity index (χ0n) is 24.1. The van der Waals surface area contributed by atoms with Gasteiger partial charge in [0.25, 0.3) is 0 Å². The minimum Gasteiger partial charge on any atom is -0.457 e. The maximum absolute atomic E-state index is 6.67. The zero-order chi connectivity index (χ0) is 29.1. The number of para-hydroxylation sites is 1. The van der Waals surface area contributed by atoms with Crippen molar-refractivity contribution >= 4 is 11.3 Å². The molecule has 9 rings (SSSR count). The molecular weight excluding hydrogens is 534 g/mol. The molecule has 3 aliphatic rings. The van der Waals surface area contributed by atoms with Crippen molar-refractivity contribution < 1.29 is 4.74 Å². The highest BCUT2D eigenvalue weighted by Crippen LogP contribution is 2.62. The Morgan fingerprint density at radius 3 is 1.82 bits per heavy atom. The molecule has 2 heterocycles. The fourth-order valence-corrected chi connectivity index (χ4v) is 7.47. The van der Waals surface area contributed by atoms with Crippen molar-refractivity contribution in [2.75, 3.05) is 0 Å². The Balaban J connectivity index is 1.28. The first kappa shape index (κ1) is 24.9. The smallest absolute Gasteiger partial charge is 0.132 e. The number of hydrogen-bond donors (Lipinski definition) is 1. The van der Waals surface area contributed by atoms with Crippen LogP contribution in [-0.4, -0.2) is 0 Å². The standard InChI is InChI=1S/C42H29NO/c1-3-13-28(14-4-1)31-26-38(29-15-5-2-6-16-29)43-39(27-31)30-23-24-41-37(25-30)42(36-21-11-12-22-40(36)44-41)34-19-9-7-17-32(34)33-18-8-10-20-35(33)42/h1-27,38,43H. The number of hydrogen-bond acceptors (Lipinski definition) is 2. The number of nitrogens with one attached hydrogen (secondary N) is 1. The third-order valence-electron chi connectivity index (χ3n) is 9.38. The molecular formula is C42H29NO. The molecule has 2 nitrogen and oxygen atoms in total. The first-order valence-electron chi connectivity index (χ1n) is 15.2. The van der Waals surface area contributed by atoms with Gasteiger partial charge < -0.3 is 10.1 Å². The topological polar surface area (TPSA) is 21.3 Å². The highest BCUT2D eigenvalue weighted by Gasteiger charge is 2.51. The number of dihydropyridines is 1. The minimum atomic E-state index is -0.487. The van der Waals surface area contributed by atoms with Crippen LogP contribution in [0.1, 0.15) is 45.0 Å². The van der Waals surface area contributed by atoms with Crippen LogP contribution >= 0.6 is 0 Å². The average molecular weight is 564 g/mol. The van der Waals surface area contributed by atoms with E-state index in [1.807, 2.05) is 0 Å². The van der Waals surface area contributed by atoms with Crippen LogP contribution in [0.25, 0.3) is 22.4 Å². The van der Waals surface area contributed by atoms with E-state index in [1.54, 1.807) is 0 Å². The van der Waals surface area contributed by atoms with Crippen LogP contribution in [0.15, 0.2) is 164 Å². The van der Waals surface area contributed by atoms with Crippen LogP contribution in [0, 0.1) is 0 Å². The van der Waals surface area contributed by atoms with Gasteiger partial charge in [-0.1, -0.05) is 127 Å². The van der Waals surface area contributed by atoms with Gasteiger partial charge in [0.05, 0.1) is 11.5 Å². The summed E-state index contributed by atoms with van der Waals surface area (Å²) in [5.74, 6) is 1.81. The summed E-state index contributed by atoms with van der Waals surface area (Å²) in [6.07, 6.45) is 4.62. The van der Waals surface area contributed by atoms with E-state index >= 15 is 0 Å². The van der Waals surface area contributed by atoms with Crippen LogP contribution < -0.4 is 10.1 Å². The van der Waals surface area contributed by atoms with Gasteiger partial charge in [-0.3, -0.25) is 0 Å². The van der Waals surface area contributed by atoms with Gasteiger partial charge in [0.15, 0.2) is 0 Å². The molecule has 0 fully saturated rings. The van der Waals surface area contributed by atoms with Crippen molar-refractivity contribution in [3.05, 3.63) is 203 Å². The Labute approximate surface area is 257 Å². The van der Waals surface area contributed by atoms with Gasteiger partial charge in [0.2, 0.25) is 0 Å². The molecule has 1 aliphatic carbocycles. The molecule has 1 atom stereocenters. The van der Waals surface area contributed by atoms with E-state index < -0.39 is 5.41 Å². The van der Waals surface area contributed by atoms with Crippen LogP contribution in [0.5, 0.6) is 11.5 Å². The van der Waals surface area contributed by atoms with E-state index in [9.17, 15) is 0 Å². The minimum absolute atomic E-state index is 0.0429. The molecule has 2 aliphatic heterocycles. The van der Waals surface area contributed by atoms with E-state index in [4.69, 9.17) is 4.74 Å². The highest BCUT2D eigenvalue weighted by molar-refractivity contribution is 5.90.